The third kappa shape index (κ3) is 6.53. The first-order valence-corrected chi connectivity index (χ1v) is 10.8. The molecule has 0 saturated heterocycles. The molecule has 0 N–H and O–H groups in total. The molecular formula is C28H34Fe2O4-. The minimum absolute atomic E-state index is 0. The van der Waals surface area contributed by atoms with Crippen molar-refractivity contribution in [2.75, 3.05) is 0 Å². The van der Waals surface area contributed by atoms with Gasteiger partial charge in [-0.1, -0.05) is 27.7 Å². The molecule has 4 bridgehead atoms. The summed E-state index contributed by atoms with van der Waals surface area (Å²) in [5, 5.41) is 0. The predicted octanol–water partition coefficient (Wildman–Crippen LogP) is 4.55. The topological polar surface area (TPSA) is 68.3 Å². The van der Waals surface area contributed by atoms with E-state index in [2.05, 4.69) is 93.4 Å². The normalized spacial score (nSPS) is 32.6. The molecule has 8 fully saturated rings. The molecule has 0 spiro atoms. The molecule has 0 aromatic rings. The molecule has 6 heteroatoms. The molecular weight excluding hydrogens is 512 g/mol. The summed E-state index contributed by atoms with van der Waals surface area (Å²) >= 11 is 0. The third-order valence-electron chi connectivity index (χ3n) is 8.51. The fraction of sp³-hybridized carbons (Fsp3) is 0.500. The Balaban J connectivity index is 0. The van der Waals surface area contributed by atoms with E-state index in [-0.39, 0.29) is 34.1 Å². The van der Waals surface area contributed by atoms with Gasteiger partial charge < -0.3 is 19.2 Å². The molecule has 4 unspecified atom stereocenters. The van der Waals surface area contributed by atoms with Gasteiger partial charge in [0.15, 0.2) is 0 Å². The van der Waals surface area contributed by atoms with E-state index in [0.717, 1.165) is 23.7 Å². The minimum Gasteiger partial charge on any atom is -0.545 e. The van der Waals surface area contributed by atoms with E-state index in [0.29, 0.717) is 10.8 Å². The Kier molecular flexibility index (Phi) is 16.6. The minimum atomic E-state index is 0. The molecule has 0 aliphatic heterocycles. The van der Waals surface area contributed by atoms with E-state index < -0.39 is 0 Å². The molecule has 8 rings (SSSR count). The second-order valence-corrected chi connectivity index (χ2v) is 10.0. The SMILES string of the molecule is CC1(C)C2C[C]3[CH][CH][CH][C]3C1C2.CC1(C)C2C[C]3[CH][CH][CH][C]3C1C2.[CH-]=O.[CH-]=O.[CH-]=O.[CH-]=O.[Fe+3].[Fe]. The zero-order valence-electron chi connectivity index (χ0n) is 20.3. The molecule has 8 saturated carbocycles. The molecule has 8 aliphatic carbocycles. The van der Waals surface area contributed by atoms with Crippen LogP contribution >= 0.6 is 0 Å². The van der Waals surface area contributed by atoms with E-state index in [9.17, 15) is 0 Å². The Labute approximate surface area is 229 Å². The van der Waals surface area contributed by atoms with Gasteiger partial charge in [0.25, 0.3) is 0 Å². The first-order chi connectivity index (χ1) is 15.4. The molecule has 4 nitrogen and oxygen atoms in total. The van der Waals surface area contributed by atoms with Gasteiger partial charge in [-0.05, 0) is 122 Å². The summed E-state index contributed by atoms with van der Waals surface area (Å²) < 4.78 is 0. The van der Waals surface area contributed by atoms with Crippen molar-refractivity contribution >= 4 is 27.2 Å². The van der Waals surface area contributed by atoms with Crippen molar-refractivity contribution in [1.29, 1.82) is 0 Å². The van der Waals surface area contributed by atoms with E-state index in [1.54, 1.807) is 23.7 Å². The van der Waals surface area contributed by atoms with Crippen LogP contribution in [0.15, 0.2) is 0 Å². The predicted molar refractivity (Wildman–Crippen MR) is 126 cm³/mol. The van der Waals surface area contributed by atoms with Crippen molar-refractivity contribution < 1.29 is 53.3 Å². The largest absolute Gasteiger partial charge is 3.00 e. The van der Waals surface area contributed by atoms with Gasteiger partial charge in [-0.25, -0.2) is 0 Å². The van der Waals surface area contributed by atoms with E-state index in [1.807, 2.05) is 0 Å². The average molecular weight is 546 g/mol. The van der Waals surface area contributed by atoms with Crippen LogP contribution in [0.5, 0.6) is 0 Å². The smallest absolute Gasteiger partial charge is 0.545 e. The molecule has 8 aliphatic rings. The fourth-order valence-corrected chi connectivity index (χ4v) is 6.31. The van der Waals surface area contributed by atoms with Crippen molar-refractivity contribution in [3.63, 3.8) is 0 Å². The Bertz CT molecular complexity index is 531. The van der Waals surface area contributed by atoms with E-state index in [1.165, 1.54) is 25.7 Å². The van der Waals surface area contributed by atoms with Gasteiger partial charge in [-0.2, -0.15) is 0 Å². The first kappa shape index (κ1) is 35.9. The number of hydrogen-bond acceptors (Lipinski definition) is 4. The number of carbonyl (C=O) groups excluding carboxylic acids is 4. The van der Waals surface area contributed by atoms with Crippen LogP contribution in [0.3, 0.4) is 0 Å². The molecule has 0 aromatic carbocycles. The molecule has 11 radical (unpaired) electrons. The summed E-state index contributed by atoms with van der Waals surface area (Å²) in [7, 11) is 0. The van der Waals surface area contributed by atoms with Crippen LogP contribution in [-0.2, 0) is 53.3 Å². The van der Waals surface area contributed by atoms with Crippen LogP contribution in [0, 0.1) is 96.7 Å². The Morgan fingerprint density at radius 3 is 1.18 bits per heavy atom. The van der Waals surface area contributed by atoms with Gasteiger partial charge in [0, 0.05) is 17.1 Å². The standard InChI is InChI=1S/2C12H15.4CHO.2Fe/c2*1-12(2)9-6-8-4-3-5-10(8)11(12)7-9;4*1-2;;/h2*3-5,9,11H,6-7H2,1-2H3;4*1H;;/q;;4*-1;;+3. The summed E-state index contributed by atoms with van der Waals surface area (Å²) in [4.78, 5) is 31.0. The van der Waals surface area contributed by atoms with Crippen LogP contribution in [0.4, 0.5) is 0 Å². The van der Waals surface area contributed by atoms with Crippen molar-refractivity contribution in [1.82, 2.24) is 0 Å². The Morgan fingerprint density at radius 2 is 0.912 bits per heavy atom. The van der Waals surface area contributed by atoms with Gasteiger partial charge in [0.05, 0.1) is 0 Å². The summed E-state index contributed by atoms with van der Waals surface area (Å²) in [5.74, 6) is 10.3. The fourth-order valence-electron chi connectivity index (χ4n) is 6.31. The molecule has 4 atom stereocenters. The summed E-state index contributed by atoms with van der Waals surface area (Å²) in [6.07, 6.45) is 19.3. The maximum Gasteiger partial charge on any atom is 3.00 e. The zero-order valence-corrected chi connectivity index (χ0v) is 22.5. The second-order valence-electron chi connectivity index (χ2n) is 10.0. The summed E-state index contributed by atoms with van der Waals surface area (Å²) in [5.41, 5.74) is 1.20. The monoisotopic (exact) mass is 546 g/mol. The Morgan fingerprint density at radius 1 is 0.618 bits per heavy atom. The molecule has 187 valence electrons. The van der Waals surface area contributed by atoms with Crippen LogP contribution in [0.1, 0.15) is 53.4 Å². The molecule has 0 aromatic heterocycles. The first-order valence-electron chi connectivity index (χ1n) is 10.8. The van der Waals surface area contributed by atoms with Crippen LogP contribution < -0.4 is 0 Å². The van der Waals surface area contributed by atoms with Crippen LogP contribution in [0.2, 0.25) is 0 Å². The van der Waals surface area contributed by atoms with Gasteiger partial charge in [0.1, 0.15) is 0 Å². The summed E-state index contributed by atoms with van der Waals surface area (Å²) in [6.45, 7) is 22.7. The molecule has 0 heterocycles. The van der Waals surface area contributed by atoms with E-state index in [4.69, 9.17) is 19.2 Å². The van der Waals surface area contributed by atoms with E-state index >= 15 is 0 Å². The maximum atomic E-state index is 7.75. The van der Waals surface area contributed by atoms with Gasteiger partial charge in [0.2, 0.25) is 0 Å². The van der Waals surface area contributed by atoms with Crippen LogP contribution in [-0.4, -0.2) is 27.2 Å². The number of rotatable bonds is 0. The van der Waals surface area contributed by atoms with Gasteiger partial charge in [-0.3, -0.25) is 27.2 Å². The van der Waals surface area contributed by atoms with Crippen molar-refractivity contribution in [2.24, 2.45) is 34.5 Å². The van der Waals surface area contributed by atoms with Gasteiger partial charge >= 0.3 is 17.1 Å². The van der Waals surface area contributed by atoms with Crippen molar-refractivity contribution in [2.45, 2.75) is 53.4 Å². The zero-order chi connectivity index (χ0) is 24.7. The maximum absolute atomic E-state index is 7.75. The molecule has 0 amide bonds. The third-order valence-corrected chi connectivity index (χ3v) is 8.51. The molecule has 34 heavy (non-hydrogen) atoms. The average Bonchev–Trinajstić information content (AvgIpc) is 3.53. The van der Waals surface area contributed by atoms with Gasteiger partial charge in [-0.15, -0.1) is 0 Å². The summed E-state index contributed by atoms with van der Waals surface area (Å²) in [6, 6.07) is 0. The quantitative estimate of drug-likeness (QED) is 0.254. The van der Waals surface area contributed by atoms with Crippen molar-refractivity contribution in [3.8, 4) is 0 Å². The second kappa shape index (κ2) is 15.7. The Hall–Kier alpha value is -0.281. The number of hydrogen-bond donors (Lipinski definition) is 0. The van der Waals surface area contributed by atoms with Crippen molar-refractivity contribution in [3.05, 3.63) is 62.2 Å². The van der Waals surface area contributed by atoms with Crippen LogP contribution in [0.25, 0.3) is 0 Å².